The molecule has 120 valence electrons. The van der Waals surface area contributed by atoms with Crippen LogP contribution in [0.15, 0.2) is 29.2 Å². The predicted molar refractivity (Wildman–Crippen MR) is 87.4 cm³/mol. The predicted octanol–water partition coefficient (Wildman–Crippen LogP) is 2.90. The van der Waals surface area contributed by atoms with Crippen LogP contribution in [0.25, 0.3) is 0 Å². The molecule has 1 aromatic carbocycles. The summed E-state index contributed by atoms with van der Waals surface area (Å²) < 4.78 is 28.6. The first-order valence-electron chi connectivity index (χ1n) is 7.02. The number of rotatable bonds is 5. The molecule has 0 saturated heterocycles. The van der Waals surface area contributed by atoms with Crippen molar-refractivity contribution in [2.75, 3.05) is 6.54 Å². The summed E-state index contributed by atoms with van der Waals surface area (Å²) >= 11 is 6.13. The third kappa shape index (κ3) is 3.04. The third-order valence-corrected chi connectivity index (χ3v) is 6.28. The molecule has 0 fully saturated rings. The van der Waals surface area contributed by atoms with Gasteiger partial charge in [0, 0.05) is 20.1 Å². The van der Waals surface area contributed by atoms with E-state index in [1.165, 1.54) is 8.99 Å². The largest absolute Gasteiger partial charge is 0.255 e. The lowest BCUT2D eigenvalue weighted by molar-refractivity contribution is 0.422. The maximum Gasteiger partial charge on any atom is 0.248 e. The fraction of sp³-hybridized carbons (Fsp3) is 0.400. The first kappa shape index (κ1) is 17.0. The molecule has 0 aliphatic rings. The Morgan fingerprint density at radius 1 is 1.27 bits per heavy atom. The summed E-state index contributed by atoms with van der Waals surface area (Å²) in [5.74, 6) is 0. The molecule has 0 N–H and O–H groups in total. The van der Waals surface area contributed by atoms with E-state index >= 15 is 0 Å². The molecule has 0 atom stereocenters. The Labute approximate surface area is 136 Å². The van der Waals surface area contributed by atoms with Crippen molar-refractivity contribution in [2.24, 2.45) is 7.05 Å². The quantitative estimate of drug-likeness (QED) is 0.840. The van der Waals surface area contributed by atoms with E-state index in [0.717, 1.165) is 11.1 Å². The van der Waals surface area contributed by atoms with Crippen LogP contribution in [0, 0.1) is 13.8 Å². The highest BCUT2D eigenvalue weighted by molar-refractivity contribution is 7.89. The molecule has 0 spiro atoms. The summed E-state index contributed by atoms with van der Waals surface area (Å²) in [5, 5.41) is 4.24. The van der Waals surface area contributed by atoms with Crippen molar-refractivity contribution >= 4 is 21.6 Å². The van der Waals surface area contributed by atoms with E-state index in [1.807, 2.05) is 38.1 Å². The van der Waals surface area contributed by atoms with E-state index in [1.54, 1.807) is 14.0 Å². The minimum absolute atomic E-state index is 0.0899. The zero-order chi connectivity index (χ0) is 16.5. The normalized spacial score (nSPS) is 12.1. The highest BCUT2D eigenvalue weighted by atomic mass is 35.5. The van der Waals surface area contributed by atoms with Gasteiger partial charge < -0.3 is 0 Å². The van der Waals surface area contributed by atoms with Crippen LogP contribution in [-0.2, 0) is 23.6 Å². The molecule has 1 aromatic heterocycles. The molecule has 0 radical (unpaired) electrons. The van der Waals surface area contributed by atoms with Crippen molar-refractivity contribution in [1.29, 1.82) is 0 Å². The van der Waals surface area contributed by atoms with Crippen LogP contribution in [0.4, 0.5) is 0 Å². The summed E-state index contributed by atoms with van der Waals surface area (Å²) in [7, 11) is -2.06. The van der Waals surface area contributed by atoms with Crippen LogP contribution >= 0.6 is 11.6 Å². The molecule has 0 unspecified atom stereocenters. The molecule has 0 bridgehead atoms. The van der Waals surface area contributed by atoms with Gasteiger partial charge in [-0.05, 0) is 25.0 Å². The lowest BCUT2D eigenvalue weighted by Crippen LogP contribution is -2.31. The molecule has 0 amide bonds. The Kier molecular flexibility index (Phi) is 4.94. The molecule has 5 nitrogen and oxygen atoms in total. The van der Waals surface area contributed by atoms with Crippen LogP contribution < -0.4 is 0 Å². The molecule has 2 rings (SSSR count). The smallest absolute Gasteiger partial charge is 0.248 e. The second kappa shape index (κ2) is 6.40. The number of nitrogens with zero attached hydrogens (tertiary/aromatic N) is 3. The van der Waals surface area contributed by atoms with Gasteiger partial charge in [-0.15, -0.1) is 0 Å². The lowest BCUT2D eigenvalue weighted by Gasteiger charge is -2.21. The van der Waals surface area contributed by atoms with Gasteiger partial charge in [-0.3, -0.25) is 4.68 Å². The minimum atomic E-state index is -3.69. The number of hydrogen-bond acceptors (Lipinski definition) is 3. The lowest BCUT2D eigenvalue weighted by atomic mass is 10.1. The molecule has 1 heterocycles. The van der Waals surface area contributed by atoms with E-state index < -0.39 is 10.0 Å². The first-order valence-corrected chi connectivity index (χ1v) is 8.84. The molecular formula is C15H20ClN3O2S. The number of halogens is 1. The number of hydrogen-bond donors (Lipinski definition) is 0. The Balaban J connectivity index is 2.44. The second-order valence-electron chi connectivity index (χ2n) is 5.19. The standard InChI is InChI=1S/C15H20ClN3O2S/c1-5-19(10-13-9-7-6-8-11(13)2)22(20,21)14-12(3)17-18(4)15(14)16/h6-9H,5,10H2,1-4H3. The van der Waals surface area contributed by atoms with Gasteiger partial charge in [0.15, 0.2) is 0 Å². The van der Waals surface area contributed by atoms with Crippen LogP contribution in [0.1, 0.15) is 23.7 Å². The van der Waals surface area contributed by atoms with E-state index in [4.69, 9.17) is 11.6 Å². The monoisotopic (exact) mass is 341 g/mol. The van der Waals surface area contributed by atoms with Gasteiger partial charge in [-0.2, -0.15) is 9.40 Å². The van der Waals surface area contributed by atoms with Crippen molar-refractivity contribution in [3.8, 4) is 0 Å². The van der Waals surface area contributed by atoms with Crippen molar-refractivity contribution < 1.29 is 8.42 Å². The summed E-state index contributed by atoms with van der Waals surface area (Å²) in [6.45, 7) is 6.12. The van der Waals surface area contributed by atoms with E-state index in [0.29, 0.717) is 18.8 Å². The molecule has 0 saturated carbocycles. The van der Waals surface area contributed by atoms with E-state index in [2.05, 4.69) is 5.10 Å². The Hall–Kier alpha value is -1.37. The fourth-order valence-corrected chi connectivity index (χ4v) is 4.51. The van der Waals surface area contributed by atoms with Gasteiger partial charge >= 0.3 is 0 Å². The van der Waals surface area contributed by atoms with Crippen molar-refractivity contribution in [3.63, 3.8) is 0 Å². The van der Waals surface area contributed by atoms with Crippen LogP contribution in [0.2, 0.25) is 5.15 Å². The number of aromatic nitrogens is 2. The summed E-state index contributed by atoms with van der Waals surface area (Å²) in [6, 6.07) is 7.75. The van der Waals surface area contributed by atoms with Gasteiger partial charge in [0.05, 0.1) is 5.69 Å². The fourth-order valence-electron chi connectivity index (χ4n) is 2.38. The highest BCUT2D eigenvalue weighted by Crippen LogP contribution is 2.28. The van der Waals surface area contributed by atoms with E-state index in [9.17, 15) is 8.42 Å². The Morgan fingerprint density at radius 3 is 2.41 bits per heavy atom. The molecule has 2 aromatic rings. The Morgan fingerprint density at radius 2 is 1.91 bits per heavy atom. The molecule has 0 aliphatic heterocycles. The number of aryl methyl sites for hydroxylation is 3. The Bertz CT molecular complexity index is 784. The topological polar surface area (TPSA) is 55.2 Å². The minimum Gasteiger partial charge on any atom is -0.255 e. The second-order valence-corrected chi connectivity index (χ2v) is 7.42. The summed E-state index contributed by atoms with van der Waals surface area (Å²) in [4.78, 5) is 0.0899. The van der Waals surface area contributed by atoms with Crippen LogP contribution in [0.5, 0.6) is 0 Å². The SMILES string of the molecule is CCN(Cc1ccccc1C)S(=O)(=O)c1c(C)nn(C)c1Cl. The van der Waals surface area contributed by atoms with Gasteiger partial charge in [0.25, 0.3) is 0 Å². The van der Waals surface area contributed by atoms with Crippen molar-refractivity contribution in [1.82, 2.24) is 14.1 Å². The van der Waals surface area contributed by atoms with Crippen LogP contribution in [-0.4, -0.2) is 29.0 Å². The zero-order valence-electron chi connectivity index (χ0n) is 13.2. The zero-order valence-corrected chi connectivity index (χ0v) is 14.7. The summed E-state index contributed by atoms with van der Waals surface area (Å²) in [5.41, 5.74) is 2.45. The van der Waals surface area contributed by atoms with Crippen molar-refractivity contribution in [3.05, 3.63) is 46.2 Å². The van der Waals surface area contributed by atoms with Crippen molar-refractivity contribution in [2.45, 2.75) is 32.2 Å². The summed E-state index contributed by atoms with van der Waals surface area (Å²) in [6.07, 6.45) is 0. The maximum absolute atomic E-state index is 12.9. The average molecular weight is 342 g/mol. The molecule has 0 aliphatic carbocycles. The number of sulfonamides is 1. The van der Waals surface area contributed by atoms with E-state index in [-0.39, 0.29) is 10.0 Å². The van der Waals surface area contributed by atoms with Gasteiger partial charge in [0.2, 0.25) is 10.0 Å². The average Bonchev–Trinajstić information content (AvgIpc) is 2.71. The van der Waals surface area contributed by atoms with Gasteiger partial charge in [-0.1, -0.05) is 42.8 Å². The molecular weight excluding hydrogens is 322 g/mol. The highest BCUT2D eigenvalue weighted by Gasteiger charge is 2.30. The van der Waals surface area contributed by atoms with Gasteiger partial charge in [0.1, 0.15) is 10.0 Å². The first-order chi connectivity index (χ1) is 10.3. The molecule has 22 heavy (non-hydrogen) atoms. The third-order valence-electron chi connectivity index (χ3n) is 3.66. The maximum atomic E-state index is 12.9. The van der Waals surface area contributed by atoms with Gasteiger partial charge in [-0.25, -0.2) is 8.42 Å². The van der Waals surface area contributed by atoms with Crippen LogP contribution in [0.3, 0.4) is 0 Å². The number of benzene rings is 1. The molecule has 7 heteroatoms.